The molecule has 2 aromatic heterocycles. The lowest BCUT2D eigenvalue weighted by Crippen LogP contribution is -2.25. The van der Waals surface area contributed by atoms with Gasteiger partial charge in [0.05, 0.1) is 5.75 Å². The van der Waals surface area contributed by atoms with Crippen LogP contribution in [0.25, 0.3) is 0 Å². The van der Waals surface area contributed by atoms with Crippen molar-refractivity contribution in [1.82, 2.24) is 20.1 Å². The van der Waals surface area contributed by atoms with Gasteiger partial charge in [-0.1, -0.05) is 49.2 Å². The van der Waals surface area contributed by atoms with Crippen molar-refractivity contribution in [1.29, 1.82) is 0 Å². The van der Waals surface area contributed by atoms with Crippen LogP contribution in [0, 0.1) is 12.7 Å². The molecule has 4 rings (SSSR count). The Morgan fingerprint density at radius 3 is 2.84 bits per heavy atom. The SMILES string of the molecule is Cc1ccc(CNC(=O)CSc2nnc(Cc3cccs3)n2C2CCCCC2)cc1F. The predicted octanol–water partition coefficient (Wildman–Crippen LogP) is 5.29. The van der Waals surface area contributed by atoms with Gasteiger partial charge in [-0.3, -0.25) is 4.79 Å². The van der Waals surface area contributed by atoms with Crippen molar-refractivity contribution in [2.24, 2.45) is 0 Å². The number of hydrogen-bond donors (Lipinski definition) is 1. The number of hydrogen-bond acceptors (Lipinski definition) is 5. The van der Waals surface area contributed by atoms with E-state index in [4.69, 9.17) is 0 Å². The van der Waals surface area contributed by atoms with Gasteiger partial charge in [0.1, 0.15) is 11.6 Å². The first-order valence-electron chi connectivity index (χ1n) is 10.7. The van der Waals surface area contributed by atoms with E-state index in [0.717, 1.165) is 35.8 Å². The smallest absolute Gasteiger partial charge is 0.230 e. The number of amides is 1. The van der Waals surface area contributed by atoms with E-state index in [1.54, 1.807) is 24.3 Å². The van der Waals surface area contributed by atoms with Gasteiger partial charge in [-0.05, 0) is 48.4 Å². The van der Waals surface area contributed by atoms with Crippen LogP contribution in [0.1, 0.15) is 60.0 Å². The number of halogens is 1. The van der Waals surface area contributed by atoms with Crippen LogP contribution in [0.5, 0.6) is 0 Å². The Balaban J connectivity index is 1.40. The highest BCUT2D eigenvalue weighted by molar-refractivity contribution is 7.99. The zero-order valence-corrected chi connectivity index (χ0v) is 19.3. The Morgan fingerprint density at radius 2 is 2.10 bits per heavy atom. The number of nitrogens with one attached hydrogen (secondary N) is 1. The molecule has 8 heteroatoms. The minimum Gasteiger partial charge on any atom is -0.351 e. The Bertz CT molecular complexity index is 1010. The molecule has 1 aliphatic carbocycles. The highest BCUT2D eigenvalue weighted by atomic mass is 32.2. The van der Waals surface area contributed by atoms with Crippen molar-refractivity contribution in [2.75, 3.05) is 5.75 Å². The van der Waals surface area contributed by atoms with E-state index in [1.165, 1.54) is 42.0 Å². The molecular formula is C23H27FN4OS2. The van der Waals surface area contributed by atoms with Crippen molar-refractivity contribution in [2.45, 2.75) is 63.2 Å². The molecule has 1 aromatic carbocycles. The van der Waals surface area contributed by atoms with Gasteiger partial charge in [-0.25, -0.2) is 4.39 Å². The number of thiophene rings is 1. The first-order valence-corrected chi connectivity index (χ1v) is 12.6. The van der Waals surface area contributed by atoms with Gasteiger partial charge in [0, 0.05) is 23.9 Å². The number of benzene rings is 1. The van der Waals surface area contributed by atoms with Crippen molar-refractivity contribution in [3.05, 3.63) is 63.4 Å². The van der Waals surface area contributed by atoms with Crippen LogP contribution in [-0.2, 0) is 17.8 Å². The van der Waals surface area contributed by atoms with Crippen LogP contribution in [0.3, 0.4) is 0 Å². The highest BCUT2D eigenvalue weighted by Crippen LogP contribution is 2.33. The van der Waals surface area contributed by atoms with Gasteiger partial charge in [0.25, 0.3) is 0 Å². The van der Waals surface area contributed by atoms with Crippen LogP contribution < -0.4 is 5.32 Å². The van der Waals surface area contributed by atoms with Crippen molar-refractivity contribution in [3.63, 3.8) is 0 Å². The Morgan fingerprint density at radius 1 is 1.26 bits per heavy atom. The first kappa shape index (κ1) is 22.0. The fourth-order valence-corrected chi connectivity index (χ4v) is 5.49. The maximum atomic E-state index is 13.7. The molecule has 5 nitrogen and oxygen atoms in total. The van der Waals surface area contributed by atoms with Crippen LogP contribution in [0.15, 0.2) is 40.9 Å². The fourth-order valence-electron chi connectivity index (χ4n) is 3.93. The minimum absolute atomic E-state index is 0.0935. The van der Waals surface area contributed by atoms with E-state index in [9.17, 15) is 9.18 Å². The molecule has 1 fully saturated rings. The lowest BCUT2D eigenvalue weighted by molar-refractivity contribution is -0.118. The standard InChI is InChI=1S/C23H27FN4OS2/c1-16-9-10-17(12-20(16)24)14-25-22(29)15-31-23-27-26-21(13-19-8-5-11-30-19)28(23)18-6-3-2-4-7-18/h5,8-12,18H,2-4,6-7,13-15H2,1H3,(H,25,29). The molecule has 0 aliphatic heterocycles. The van der Waals surface area contributed by atoms with Crippen molar-refractivity contribution in [3.8, 4) is 0 Å². The topological polar surface area (TPSA) is 59.8 Å². The van der Waals surface area contributed by atoms with Gasteiger partial charge in [0.2, 0.25) is 5.91 Å². The van der Waals surface area contributed by atoms with Gasteiger partial charge >= 0.3 is 0 Å². The second-order valence-corrected chi connectivity index (χ2v) is 9.94. The third-order valence-electron chi connectivity index (χ3n) is 5.65. The Hall–Kier alpha value is -2.19. The number of thioether (sulfide) groups is 1. The molecule has 0 unspecified atom stereocenters. The molecule has 1 amide bonds. The van der Waals surface area contributed by atoms with E-state index in [-0.39, 0.29) is 17.5 Å². The van der Waals surface area contributed by atoms with E-state index in [1.807, 2.05) is 6.07 Å². The van der Waals surface area contributed by atoms with Gasteiger partial charge in [-0.2, -0.15) is 0 Å². The molecule has 0 spiro atoms. The average molecular weight is 459 g/mol. The Kier molecular flexibility index (Phi) is 7.40. The summed E-state index contributed by atoms with van der Waals surface area (Å²) in [6.45, 7) is 2.04. The van der Waals surface area contributed by atoms with Gasteiger partial charge in [-0.15, -0.1) is 21.5 Å². The largest absolute Gasteiger partial charge is 0.351 e. The Labute approximate surface area is 190 Å². The maximum absolute atomic E-state index is 13.7. The van der Waals surface area contributed by atoms with Crippen LogP contribution in [0.2, 0.25) is 0 Å². The highest BCUT2D eigenvalue weighted by Gasteiger charge is 2.23. The number of aromatic nitrogens is 3. The van der Waals surface area contributed by atoms with Crippen molar-refractivity contribution >= 4 is 29.0 Å². The maximum Gasteiger partial charge on any atom is 0.230 e. The van der Waals surface area contributed by atoms with Crippen LogP contribution in [0.4, 0.5) is 4.39 Å². The summed E-state index contributed by atoms with van der Waals surface area (Å²) in [7, 11) is 0. The molecule has 1 N–H and O–H groups in total. The summed E-state index contributed by atoms with van der Waals surface area (Å²) in [6.07, 6.45) is 6.76. The predicted molar refractivity (Wildman–Crippen MR) is 123 cm³/mol. The molecule has 31 heavy (non-hydrogen) atoms. The molecular weight excluding hydrogens is 431 g/mol. The molecule has 0 saturated heterocycles. The summed E-state index contributed by atoms with van der Waals surface area (Å²) in [5, 5.41) is 14.7. The first-order chi connectivity index (χ1) is 15.1. The summed E-state index contributed by atoms with van der Waals surface area (Å²) in [5.74, 6) is 0.898. The zero-order chi connectivity index (χ0) is 21.6. The van der Waals surface area contributed by atoms with Crippen molar-refractivity contribution < 1.29 is 9.18 Å². The molecule has 164 valence electrons. The summed E-state index contributed by atoms with van der Waals surface area (Å²) < 4.78 is 16.0. The molecule has 0 bridgehead atoms. The summed E-state index contributed by atoms with van der Waals surface area (Å²) in [6, 6.07) is 9.62. The number of carbonyl (C=O) groups excluding carboxylic acids is 1. The monoisotopic (exact) mass is 458 g/mol. The third kappa shape index (κ3) is 5.74. The van der Waals surface area contributed by atoms with E-state index >= 15 is 0 Å². The van der Waals surface area contributed by atoms with E-state index in [2.05, 4.69) is 37.6 Å². The summed E-state index contributed by atoms with van der Waals surface area (Å²) in [4.78, 5) is 13.7. The molecule has 2 heterocycles. The molecule has 1 saturated carbocycles. The number of nitrogens with zero attached hydrogens (tertiary/aromatic N) is 3. The minimum atomic E-state index is -0.250. The number of rotatable bonds is 8. The molecule has 0 atom stereocenters. The summed E-state index contributed by atoms with van der Waals surface area (Å²) >= 11 is 3.16. The second-order valence-electron chi connectivity index (χ2n) is 7.97. The van der Waals surface area contributed by atoms with Crippen LogP contribution in [-0.4, -0.2) is 26.4 Å². The average Bonchev–Trinajstić information content (AvgIpc) is 3.44. The quantitative estimate of drug-likeness (QED) is 0.466. The zero-order valence-electron chi connectivity index (χ0n) is 17.6. The van der Waals surface area contributed by atoms with Gasteiger partial charge < -0.3 is 9.88 Å². The fraction of sp³-hybridized carbons (Fsp3) is 0.435. The number of aryl methyl sites for hydroxylation is 1. The normalized spacial score (nSPS) is 14.6. The van der Waals surface area contributed by atoms with E-state index in [0.29, 0.717) is 18.2 Å². The molecule has 1 aliphatic rings. The second kappa shape index (κ2) is 10.4. The molecule has 3 aromatic rings. The lowest BCUT2D eigenvalue weighted by atomic mass is 9.95. The molecule has 0 radical (unpaired) electrons. The van der Waals surface area contributed by atoms with Gasteiger partial charge in [0.15, 0.2) is 5.16 Å². The summed E-state index contributed by atoms with van der Waals surface area (Å²) in [5.41, 5.74) is 1.36. The number of carbonyl (C=O) groups is 1. The lowest BCUT2D eigenvalue weighted by Gasteiger charge is -2.25. The van der Waals surface area contributed by atoms with Crippen LogP contribution >= 0.6 is 23.1 Å². The third-order valence-corrected chi connectivity index (χ3v) is 7.47. The van der Waals surface area contributed by atoms with E-state index < -0.39 is 0 Å².